The normalized spacial score (nSPS) is 18.8. The second-order valence-electron chi connectivity index (χ2n) is 18.3. The second kappa shape index (κ2) is 12.8. The van der Waals surface area contributed by atoms with E-state index in [9.17, 15) is 0 Å². The monoisotopic (exact) mass is 690 g/mol. The summed E-state index contributed by atoms with van der Waals surface area (Å²) in [6, 6.07) is 10.4. The molecule has 0 fully saturated rings. The van der Waals surface area contributed by atoms with Crippen molar-refractivity contribution in [3.8, 4) is 0 Å². The Kier molecular flexibility index (Phi) is 11.5. The van der Waals surface area contributed by atoms with Crippen LogP contribution in [0.4, 0.5) is 0 Å². The number of rotatable bonds is 6. The summed E-state index contributed by atoms with van der Waals surface area (Å²) in [4.78, 5) is 0. The number of hydrogen-bond acceptors (Lipinski definition) is 0. The van der Waals surface area contributed by atoms with Gasteiger partial charge in [0.25, 0.3) is 0 Å². The maximum absolute atomic E-state index is 3.51. The van der Waals surface area contributed by atoms with Crippen molar-refractivity contribution in [2.24, 2.45) is 10.8 Å². The van der Waals surface area contributed by atoms with E-state index in [0.717, 1.165) is 0 Å². The van der Waals surface area contributed by atoms with Gasteiger partial charge in [-0.15, -0.1) is 24.8 Å². The van der Waals surface area contributed by atoms with Crippen molar-refractivity contribution >= 4 is 44.6 Å². The van der Waals surface area contributed by atoms with Gasteiger partial charge in [0, 0.05) is 0 Å². The molecule has 2 atom stereocenters. The molecule has 0 amide bonds. The van der Waals surface area contributed by atoms with Crippen LogP contribution in [0.2, 0.25) is 10.5 Å². The van der Waals surface area contributed by atoms with Gasteiger partial charge in [-0.3, -0.25) is 0 Å². The van der Waals surface area contributed by atoms with Crippen LogP contribution >= 0.6 is 24.8 Å². The van der Waals surface area contributed by atoms with Crippen LogP contribution in [0.25, 0.3) is 12.2 Å². The van der Waals surface area contributed by atoms with Gasteiger partial charge in [0.2, 0.25) is 0 Å². The van der Waals surface area contributed by atoms with E-state index >= 15 is 0 Å². The van der Waals surface area contributed by atoms with Crippen LogP contribution in [0.15, 0.2) is 35.4 Å². The van der Waals surface area contributed by atoms with E-state index in [4.69, 9.17) is 0 Å². The van der Waals surface area contributed by atoms with Crippen molar-refractivity contribution in [2.75, 3.05) is 0 Å². The third-order valence-corrected chi connectivity index (χ3v) is 21.8. The van der Waals surface area contributed by atoms with Crippen LogP contribution in [0.3, 0.4) is 0 Å². The van der Waals surface area contributed by atoms with E-state index in [0.29, 0.717) is 32.1 Å². The van der Waals surface area contributed by atoms with Crippen LogP contribution in [0, 0.1) is 10.8 Å². The molecule has 0 radical (unpaired) electrons. The number of halogens is 2. The first-order valence-corrected chi connectivity index (χ1v) is 25.8. The maximum atomic E-state index is 2.82. The fourth-order valence-electron chi connectivity index (χ4n) is 8.20. The number of allylic oxidation sites excluding steroid dienone is 2. The third kappa shape index (κ3) is 6.85. The van der Waals surface area contributed by atoms with Crippen LogP contribution in [-0.4, -0.2) is 7.63 Å². The van der Waals surface area contributed by atoms with Gasteiger partial charge in [-0.25, -0.2) is 0 Å². The largest absolute Gasteiger partial charge is 0.147 e. The van der Waals surface area contributed by atoms with Gasteiger partial charge in [0.05, 0.1) is 0 Å². The van der Waals surface area contributed by atoms with Crippen molar-refractivity contribution in [3.63, 3.8) is 0 Å². The Balaban J connectivity index is 0.00000337. The SMILES string of the molecule is CC(C)c1cc(C(C)C)c2c(c1)[CH]([Ti]([CH3])([CH3])(=[SiH2])[CH]1C(C(C)(C)C)=Cc3c(C(C)C)cc(C(C)C)cc31)C(C(C)(C)C)=C2.Cl.Cl. The summed E-state index contributed by atoms with van der Waals surface area (Å²) in [5.74, 6) is 2.08. The molecule has 2 aliphatic rings. The van der Waals surface area contributed by atoms with E-state index in [2.05, 4.69) is 151 Å². The molecule has 0 bridgehead atoms. The van der Waals surface area contributed by atoms with Crippen molar-refractivity contribution in [3.05, 3.63) is 79.9 Å². The fourth-order valence-corrected chi connectivity index (χ4v) is 21.1. The van der Waals surface area contributed by atoms with Gasteiger partial charge in [0.1, 0.15) is 0 Å². The van der Waals surface area contributed by atoms with Gasteiger partial charge in [0.15, 0.2) is 0 Å². The number of benzene rings is 2. The van der Waals surface area contributed by atoms with Crippen LogP contribution in [0.5, 0.6) is 0 Å². The van der Waals surface area contributed by atoms with E-state index in [1.165, 1.54) is 11.1 Å². The maximum Gasteiger partial charge on any atom is -0.147 e. The van der Waals surface area contributed by atoms with Crippen LogP contribution in [0.1, 0.15) is 174 Å². The Hall–Kier alpha value is -0.569. The van der Waals surface area contributed by atoms with Crippen molar-refractivity contribution in [1.29, 1.82) is 0 Å². The minimum absolute atomic E-state index is 0. The summed E-state index contributed by atoms with van der Waals surface area (Å²) in [6.45, 7) is 33.9. The predicted octanol–water partition coefficient (Wildman–Crippen LogP) is 13.0. The van der Waals surface area contributed by atoms with E-state index in [-0.39, 0.29) is 35.6 Å². The molecular weight excluding hydrogens is 627 g/mol. The summed E-state index contributed by atoms with van der Waals surface area (Å²) in [6.07, 6.45) is 5.34. The van der Waals surface area contributed by atoms with Gasteiger partial charge in [-0.05, 0) is 0 Å². The molecule has 0 saturated heterocycles. The van der Waals surface area contributed by atoms with E-state index < -0.39 is 14.0 Å². The standard InChI is InChI=1S/2C19H27.2CH3.2ClH.H2Si.Ti/c2*1-12(2)14-8-15-9-16(19(5,6)7)11-18(15)17(10-14)13(3)4;;;;;;/h2*8-13H,1-7H3;2*1H3;2*1H;1H2;. The third-order valence-electron chi connectivity index (χ3n) is 10.6. The summed E-state index contributed by atoms with van der Waals surface area (Å²) in [5.41, 5.74) is 16.1. The first-order valence-electron chi connectivity index (χ1n) is 16.8. The molecule has 2 unspecified atom stereocenters. The summed E-state index contributed by atoms with van der Waals surface area (Å²) >= 11 is -3.51. The molecule has 0 spiro atoms. The molecule has 0 heterocycles. The smallest absolute Gasteiger partial charge is 0.147 e. The Morgan fingerprint density at radius 1 is 0.545 bits per heavy atom. The zero-order chi connectivity index (χ0) is 31.9. The Morgan fingerprint density at radius 3 is 1.07 bits per heavy atom. The fraction of sp³-hybridized carbons (Fsp3) is 0.600. The van der Waals surface area contributed by atoms with Crippen molar-refractivity contribution in [1.82, 2.24) is 0 Å². The number of fused-ring (bicyclic) bond motifs is 2. The summed E-state index contributed by atoms with van der Waals surface area (Å²) < 4.78 is 1.02. The van der Waals surface area contributed by atoms with E-state index in [1.807, 2.05) is 0 Å². The number of hydrogen-bond donors (Lipinski definition) is 0. The Morgan fingerprint density at radius 2 is 0.841 bits per heavy atom. The summed E-state index contributed by atoms with van der Waals surface area (Å²) in [5, 5.41) is 5.64. The second-order valence-corrected chi connectivity index (χ2v) is 38.5. The Bertz CT molecular complexity index is 1420. The van der Waals surface area contributed by atoms with Crippen molar-refractivity contribution in [2.45, 2.75) is 140 Å². The predicted molar refractivity (Wildman–Crippen MR) is 204 cm³/mol. The molecular formula is C40H64Cl2SiTi. The van der Waals surface area contributed by atoms with Gasteiger partial charge >= 0.3 is 264 Å². The molecule has 0 aliphatic heterocycles. The molecule has 0 saturated carbocycles. The molecule has 0 nitrogen and oxygen atoms in total. The van der Waals surface area contributed by atoms with Crippen LogP contribution in [-0.2, 0) is 14.0 Å². The first kappa shape index (κ1) is 39.6. The van der Waals surface area contributed by atoms with Crippen molar-refractivity contribution < 1.29 is 14.0 Å². The molecule has 2 aromatic rings. The first-order chi connectivity index (χ1) is 19.0. The Labute approximate surface area is 287 Å². The van der Waals surface area contributed by atoms with Gasteiger partial charge in [-0.2, -0.15) is 0 Å². The van der Waals surface area contributed by atoms with Gasteiger partial charge in [-0.1, -0.05) is 0 Å². The molecule has 4 heteroatoms. The molecule has 4 rings (SSSR count). The minimum atomic E-state index is -3.51. The molecule has 0 aromatic heterocycles. The molecule has 246 valence electrons. The average molecular weight is 692 g/mol. The quantitative estimate of drug-likeness (QED) is 0.265. The molecule has 44 heavy (non-hydrogen) atoms. The zero-order valence-corrected chi connectivity index (χ0v) is 35.6. The van der Waals surface area contributed by atoms with Gasteiger partial charge < -0.3 is 0 Å². The zero-order valence-electron chi connectivity index (χ0n) is 31.0. The van der Waals surface area contributed by atoms with Crippen LogP contribution < -0.4 is 0 Å². The minimum Gasteiger partial charge on any atom is -0.147 e. The topological polar surface area (TPSA) is 0 Å². The molecule has 2 aliphatic carbocycles. The summed E-state index contributed by atoms with van der Waals surface area (Å²) in [7, 11) is 2.50. The molecule has 0 N–H and O–H groups in total. The molecule has 2 aromatic carbocycles. The average Bonchev–Trinajstić information content (AvgIpc) is 3.42. The van der Waals surface area contributed by atoms with E-state index in [1.54, 1.807) is 44.5 Å².